The zero-order valence-corrected chi connectivity index (χ0v) is 18.9. The van der Waals surface area contributed by atoms with Gasteiger partial charge in [-0.3, -0.25) is 14.8 Å². The minimum Gasteiger partial charge on any atom is -0.504 e. The average Bonchev–Trinajstić information content (AvgIpc) is 2.85. The van der Waals surface area contributed by atoms with E-state index in [1.807, 2.05) is 31.2 Å². The van der Waals surface area contributed by atoms with E-state index in [9.17, 15) is 9.90 Å². The Morgan fingerprint density at radius 3 is 2.71 bits per heavy atom. The first kappa shape index (κ1) is 22.7. The lowest BCUT2D eigenvalue weighted by atomic mass is 10.1. The van der Waals surface area contributed by atoms with E-state index in [2.05, 4.69) is 25.6 Å². The number of carbonyl (C=O) groups excluding carboxylic acids is 1. The van der Waals surface area contributed by atoms with Gasteiger partial charge >= 0.3 is 0 Å². The van der Waals surface area contributed by atoms with Crippen molar-refractivity contribution in [2.24, 2.45) is 0 Å². The molecule has 2 aromatic heterocycles. The molecule has 172 valence electrons. The highest BCUT2D eigenvalue weighted by Gasteiger charge is 2.09. The minimum absolute atomic E-state index is 0.0717. The zero-order chi connectivity index (χ0) is 23.9. The highest BCUT2D eigenvalue weighted by Crippen LogP contribution is 2.30. The number of hydrogen-bond donors (Lipinski definition) is 3. The summed E-state index contributed by atoms with van der Waals surface area (Å²) in [6.07, 6.45) is 7.32. The van der Waals surface area contributed by atoms with E-state index < -0.39 is 0 Å². The quantitative estimate of drug-likeness (QED) is 0.360. The van der Waals surface area contributed by atoms with Gasteiger partial charge in [0.25, 0.3) is 5.91 Å². The zero-order valence-electron chi connectivity index (χ0n) is 18.9. The number of anilines is 2. The summed E-state index contributed by atoms with van der Waals surface area (Å²) >= 11 is 0. The standard InChI is InChI=1S/C26H25N5O3/c1-17-10-20(14-27-13-17)26(33)30-21-5-3-4-18(11-21)8-9-29-25-16-28-15-22(31-25)19-6-7-23(32)24(12-19)34-2/h3-7,10-16,32H,8-9H2,1-2H3,(H,29,31)(H,30,33). The van der Waals surface area contributed by atoms with Gasteiger partial charge in [0, 0.05) is 30.2 Å². The fraction of sp³-hybridized carbons (Fsp3) is 0.154. The molecule has 0 saturated heterocycles. The van der Waals surface area contributed by atoms with E-state index in [1.165, 1.54) is 7.11 Å². The number of nitrogens with one attached hydrogen (secondary N) is 2. The molecule has 1 amide bonds. The fourth-order valence-corrected chi connectivity index (χ4v) is 3.45. The second kappa shape index (κ2) is 10.4. The molecule has 0 unspecified atom stereocenters. The van der Waals surface area contributed by atoms with Crippen molar-refractivity contribution in [2.75, 3.05) is 24.3 Å². The normalized spacial score (nSPS) is 10.5. The van der Waals surface area contributed by atoms with Crippen LogP contribution in [0.1, 0.15) is 21.5 Å². The van der Waals surface area contributed by atoms with E-state index >= 15 is 0 Å². The van der Waals surface area contributed by atoms with Crippen LogP contribution < -0.4 is 15.4 Å². The molecule has 8 nitrogen and oxygen atoms in total. The van der Waals surface area contributed by atoms with Crippen LogP contribution in [-0.2, 0) is 6.42 Å². The van der Waals surface area contributed by atoms with Crippen molar-refractivity contribution in [2.45, 2.75) is 13.3 Å². The topological polar surface area (TPSA) is 109 Å². The molecule has 2 aromatic carbocycles. The SMILES string of the molecule is COc1cc(-c2cncc(NCCc3cccc(NC(=O)c4cncc(C)c4)c3)n2)ccc1O. The van der Waals surface area contributed by atoms with Gasteiger partial charge in [-0.05, 0) is 60.9 Å². The molecule has 0 saturated carbocycles. The van der Waals surface area contributed by atoms with Crippen LogP contribution in [0.5, 0.6) is 11.5 Å². The van der Waals surface area contributed by atoms with Crippen LogP contribution in [0, 0.1) is 6.92 Å². The second-order valence-electron chi connectivity index (χ2n) is 7.76. The molecular formula is C26H25N5O3. The summed E-state index contributed by atoms with van der Waals surface area (Å²) in [6, 6.07) is 14.6. The van der Waals surface area contributed by atoms with Crippen LogP contribution in [0.3, 0.4) is 0 Å². The number of hydrogen-bond acceptors (Lipinski definition) is 7. The number of pyridine rings is 1. The molecule has 8 heteroatoms. The second-order valence-corrected chi connectivity index (χ2v) is 7.76. The maximum atomic E-state index is 12.5. The van der Waals surface area contributed by atoms with E-state index in [0.717, 1.165) is 28.8 Å². The van der Waals surface area contributed by atoms with Crippen molar-refractivity contribution < 1.29 is 14.6 Å². The van der Waals surface area contributed by atoms with Crippen molar-refractivity contribution in [3.8, 4) is 22.8 Å². The van der Waals surface area contributed by atoms with Crippen LogP contribution in [-0.4, -0.2) is 39.6 Å². The lowest BCUT2D eigenvalue weighted by molar-refractivity contribution is 0.102. The Labute approximate surface area is 197 Å². The van der Waals surface area contributed by atoms with Gasteiger partial charge in [-0.1, -0.05) is 12.1 Å². The number of benzene rings is 2. The van der Waals surface area contributed by atoms with E-state index in [4.69, 9.17) is 4.74 Å². The molecule has 4 aromatic rings. The summed E-state index contributed by atoms with van der Waals surface area (Å²) in [5, 5.41) is 16.0. The predicted octanol–water partition coefficient (Wildman–Crippen LogP) is 4.47. The van der Waals surface area contributed by atoms with E-state index in [0.29, 0.717) is 29.4 Å². The molecule has 0 atom stereocenters. The number of nitrogens with zero attached hydrogens (tertiary/aromatic N) is 3. The Balaban J connectivity index is 1.37. The van der Waals surface area contributed by atoms with Gasteiger partial charge in [0.15, 0.2) is 11.5 Å². The molecule has 0 radical (unpaired) electrons. The van der Waals surface area contributed by atoms with Crippen LogP contribution in [0.2, 0.25) is 0 Å². The third-order valence-corrected chi connectivity index (χ3v) is 5.15. The van der Waals surface area contributed by atoms with Crippen molar-refractivity contribution in [1.82, 2.24) is 15.0 Å². The first-order valence-electron chi connectivity index (χ1n) is 10.8. The lowest BCUT2D eigenvalue weighted by Crippen LogP contribution is -2.13. The maximum absolute atomic E-state index is 12.5. The minimum atomic E-state index is -0.190. The first-order chi connectivity index (χ1) is 16.5. The molecule has 0 spiro atoms. The number of ether oxygens (including phenoxy) is 1. The number of rotatable bonds is 8. The summed E-state index contributed by atoms with van der Waals surface area (Å²) in [5.74, 6) is 0.899. The Morgan fingerprint density at radius 2 is 1.88 bits per heavy atom. The van der Waals surface area contributed by atoms with Crippen molar-refractivity contribution >= 4 is 17.4 Å². The van der Waals surface area contributed by atoms with Crippen molar-refractivity contribution in [3.63, 3.8) is 0 Å². The largest absolute Gasteiger partial charge is 0.504 e. The van der Waals surface area contributed by atoms with Crippen LogP contribution in [0.15, 0.2) is 73.3 Å². The Morgan fingerprint density at radius 1 is 1.03 bits per heavy atom. The molecule has 34 heavy (non-hydrogen) atoms. The molecule has 4 rings (SSSR count). The smallest absolute Gasteiger partial charge is 0.257 e. The van der Waals surface area contributed by atoms with Gasteiger partial charge in [-0.2, -0.15) is 0 Å². The molecule has 0 aliphatic carbocycles. The summed E-state index contributed by atoms with van der Waals surface area (Å²) in [7, 11) is 1.50. The number of aromatic nitrogens is 3. The van der Waals surface area contributed by atoms with Gasteiger partial charge in [0.2, 0.25) is 0 Å². The Kier molecular flexibility index (Phi) is 6.98. The number of carbonyl (C=O) groups is 1. The molecule has 3 N–H and O–H groups in total. The Bertz CT molecular complexity index is 1310. The third kappa shape index (κ3) is 5.66. The number of aryl methyl sites for hydroxylation is 1. The third-order valence-electron chi connectivity index (χ3n) is 5.15. The number of phenols is 1. The number of phenolic OH excluding ortho intramolecular Hbond substituents is 1. The van der Waals surface area contributed by atoms with Crippen LogP contribution in [0.4, 0.5) is 11.5 Å². The summed E-state index contributed by atoms with van der Waals surface area (Å²) in [4.78, 5) is 25.4. The molecule has 0 fully saturated rings. The van der Waals surface area contributed by atoms with Gasteiger partial charge in [0.05, 0.1) is 30.8 Å². The first-order valence-corrected chi connectivity index (χ1v) is 10.8. The molecule has 0 aliphatic heterocycles. The molecular weight excluding hydrogens is 430 g/mol. The predicted molar refractivity (Wildman–Crippen MR) is 131 cm³/mol. The highest BCUT2D eigenvalue weighted by atomic mass is 16.5. The summed E-state index contributed by atoms with van der Waals surface area (Å²) < 4.78 is 5.17. The monoisotopic (exact) mass is 455 g/mol. The van der Waals surface area contributed by atoms with Gasteiger partial charge in [-0.25, -0.2) is 4.98 Å². The number of amides is 1. The molecule has 0 bridgehead atoms. The van der Waals surface area contributed by atoms with Gasteiger partial charge in [-0.15, -0.1) is 0 Å². The average molecular weight is 456 g/mol. The maximum Gasteiger partial charge on any atom is 0.257 e. The summed E-state index contributed by atoms with van der Waals surface area (Å²) in [5.41, 5.74) is 4.71. The lowest BCUT2D eigenvalue weighted by Gasteiger charge is -2.10. The van der Waals surface area contributed by atoms with Crippen LogP contribution in [0.25, 0.3) is 11.3 Å². The summed E-state index contributed by atoms with van der Waals surface area (Å²) in [6.45, 7) is 2.54. The fourth-order valence-electron chi connectivity index (χ4n) is 3.45. The van der Waals surface area contributed by atoms with Crippen molar-refractivity contribution in [3.05, 3.63) is 90.0 Å². The van der Waals surface area contributed by atoms with E-state index in [-0.39, 0.29) is 11.7 Å². The Hall–Kier alpha value is -4.46. The van der Waals surface area contributed by atoms with Crippen molar-refractivity contribution in [1.29, 1.82) is 0 Å². The molecule has 0 aliphatic rings. The van der Waals surface area contributed by atoms with Gasteiger partial charge < -0.3 is 20.5 Å². The highest BCUT2D eigenvalue weighted by molar-refractivity contribution is 6.04. The van der Waals surface area contributed by atoms with E-state index in [1.54, 1.807) is 49.1 Å². The van der Waals surface area contributed by atoms with Crippen LogP contribution >= 0.6 is 0 Å². The number of methoxy groups -OCH3 is 1. The van der Waals surface area contributed by atoms with Gasteiger partial charge in [0.1, 0.15) is 5.82 Å². The molecule has 2 heterocycles. The number of aromatic hydroxyl groups is 1.